The van der Waals surface area contributed by atoms with Crippen LogP contribution in [-0.4, -0.2) is 29.3 Å². The van der Waals surface area contributed by atoms with Gasteiger partial charge in [-0.25, -0.2) is 0 Å². The Bertz CT molecular complexity index is 778. The predicted octanol–water partition coefficient (Wildman–Crippen LogP) is 2.90. The Morgan fingerprint density at radius 3 is 2.84 bits per heavy atom. The zero-order valence-corrected chi connectivity index (χ0v) is 15.2. The van der Waals surface area contributed by atoms with E-state index in [0.717, 1.165) is 32.0 Å². The lowest BCUT2D eigenvalue weighted by molar-refractivity contribution is 0.685. The maximum Gasteiger partial charge on any atom is 0.191 e. The molecule has 2 aromatic heterocycles. The van der Waals surface area contributed by atoms with Gasteiger partial charge in [0.2, 0.25) is 0 Å². The fourth-order valence-electron chi connectivity index (χ4n) is 2.58. The smallest absolute Gasteiger partial charge is 0.191 e. The third kappa shape index (κ3) is 5.46. The van der Waals surface area contributed by atoms with Crippen molar-refractivity contribution in [1.82, 2.24) is 20.4 Å². The van der Waals surface area contributed by atoms with E-state index in [1.54, 1.807) is 24.6 Å². The van der Waals surface area contributed by atoms with Gasteiger partial charge in [-0.2, -0.15) is 5.10 Å². The Labute approximate surface area is 152 Å². The minimum absolute atomic E-state index is 0.742. The lowest BCUT2D eigenvalue weighted by Crippen LogP contribution is -2.37. The van der Waals surface area contributed by atoms with E-state index < -0.39 is 0 Å². The molecule has 0 bridgehead atoms. The van der Waals surface area contributed by atoms with Gasteiger partial charge in [-0.1, -0.05) is 30.3 Å². The summed E-state index contributed by atoms with van der Waals surface area (Å²) in [5, 5.41) is 13.1. The van der Waals surface area contributed by atoms with Gasteiger partial charge in [-0.3, -0.25) is 9.67 Å². The number of aliphatic imine (C=N–C) groups is 1. The maximum atomic E-state index is 4.29. The molecule has 0 atom stereocenters. The van der Waals surface area contributed by atoms with E-state index in [1.807, 2.05) is 16.9 Å². The molecule has 0 unspecified atom stereocenters. The van der Waals surface area contributed by atoms with E-state index in [9.17, 15) is 0 Å². The highest BCUT2D eigenvalue weighted by atomic mass is 32.1. The topological polar surface area (TPSA) is 54.2 Å². The van der Waals surface area contributed by atoms with Crippen molar-refractivity contribution in [2.45, 2.75) is 19.5 Å². The molecule has 0 spiro atoms. The number of thiophene rings is 1. The second kappa shape index (κ2) is 9.03. The van der Waals surface area contributed by atoms with Crippen LogP contribution in [0.15, 0.2) is 65.2 Å². The van der Waals surface area contributed by atoms with E-state index in [4.69, 9.17) is 0 Å². The standard InChI is InChI=1S/C19H23N5S/c1-20-19(21-10-8-18-7-3-12-25-18)22-14-16-5-2-6-17(13-16)15-24-11-4-9-23-24/h2-7,9,11-13H,8,10,14-15H2,1H3,(H2,20,21,22). The van der Waals surface area contributed by atoms with Crippen molar-refractivity contribution in [2.24, 2.45) is 4.99 Å². The molecule has 0 aliphatic heterocycles. The van der Waals surface area contributed by atoms with Gasteiger partial charge in [0.1, 0.15) is 0 Å². The molecule has 3 rings (SSSR count). The first-order chi connectivity index (χ1) is 12.3. The number of hydrogen-bond acceptors (Lipinski definition) is 3. The third-order valence-electron chi connectivity index (χ3n) is 3.82. The Morgan fingerprint density at radius 1 is 1.16 bits per heavy atom. The lowest BCUT2D eigenvalue weighted by Gasteiger charge is -2.12. The van der Waals surface area contributed by atoms with Crippen LogP contribution in [0.4, 0.5) is 0 Å². The summed E-state index contributed by atoms with van der Waals surface area (Å²) >= 11 is 1.79. The van der Waals surface area contributed by atoms with E-state index in [-0.39, 0.29) is 0 Å². The van der Waals surface area contributed by atoms with Crippen LogP contribution in [0.3, 0.4) is 0 Å². The molecule has 0 amide bonds. The van der Waals surface area contributed by atoms with Crippen molar-refractivity contribution >= 4 is 17.3 Å². The second-order valence-electron chi connectivity index (χ2n) is 5.71. The van der Waals surface area contributed by atoms with Crippen molar-refractivity contribution in [3.05, 3.63) is 76.2 Å². The minimum Gasteiger partial charge on any atom is -0.356 e. The predicted molar refractivity (Wildman–Crippen MR) is 104 cm³/mol. The number of benzene rings is 1. The van der Waals surface area contributed by atoms with Crippen molar-refractivity contribution in [1.29, 1.82) is 0 Å². The van der Waals surface area contributed by atoms with E-state index >= 15 is 0 Å². The number of hydrogen-bond donors (Lipinski definition) is 2. The number of rotatable bonds is 7. The SMILES string of the molecule is CN=C(NCCc1cccs1)NCc1cccc(Cn2cccn2)c1. The molecule has 1 aromatic carbocycles. The molecule has 0 saturated carbocycles. The van der Waals surface area contributed by atoms with Crippen molar-refractivity contribution in [3.8, 4) is 0 Å². The van der Waals surface area contributed by atoms with E-state index in [0.29, 0.717) is 0 Å². The zero-order chi connectivity index (χ0) is 17.3. The highest BCUT2D eigenvalue weighted by Crippen LogP contribution is 2.08. The number of aromatic nitrogens is 2. The van der Waals surface area contributed by atoms with Gasteiger partial charge < -0.3 is 10.6 Å². The van der Waals surface area contributed by atoms with Crippen LogP contribution in [0, 0.1) is 0 Å². The molecule has 0 aliphatic carbocycles. The third-order valence-corrected chi connectivity index (χ3v) is 4.76. The summed E-state index contributed by atoms with van der Waals surface area (Å²) < 4.78 is 1.93. The normalized spacial score (nSPS) is 11.5. The quantitative estimate of drug-likeness (QED) is 0.507. The first-order valence-electron chi connectivity index (χ1n) is 8.35. The average molecular weight is 353 g/mol. The molecule has 2 N–H and O–H groups in total. The summed E-state index contributed by atoms with van der Waals surface area (Å²) in [6.07, 6.45) is 4.79. The maximum absolute atomic E-state index is 4.29. The van der Waals surface area contributed by atoms with Gasteiger partial charge in [0.05, 0.1) is 6.54 Å². The summed E-state index contributed by atoms with van der Waals surface area (Å²) in [5.74, 6) is 0.828. The molecule has 0 aliphatic rings. The Balaban J connectivity index is 1.47. The van der Waals surface area contributed by atoms with Crippen LogP contribution in [0.2, 0.25) is 0 Å². The summed E-state index contributed by atoms with van der Waals surface area (Å²) in [7, 11) is 1.80. The van der Waals surface area contributed by atoms with Gasteiger partial charge >= 0.3 is 0 Å². The van der Waals surface area contributed by atoms with E-state index in [2.05, 4.69) is 62.5 Å². The second-order valence-corrected chi connectivity index (χ2v) is 6.74. The summed E-state index contributed by atoms with van der Waals surface area (Å²) in [4.78, 5) is 5.67. The molecular weight excluding hydrogens is 330 g/mol. The summed E-state index contributed by atoms with van der Waals surface area (Å²) in [6.45, 7) is 2.40. The molecule has 0 fully saturated rings. The molecule has 0 radical (unpaired) electrons. The highest BCUT2D eigenvalue weighted by Gasteiger charge is 2.01. The Kier molecular flexibility index (Phi) is 6.23. The first kappa shape index (κ1) is 17.2. The van der Waals surface area contributed by atoms with Gasteiger partial charge in [-0.15, -0.1) is 11.3 Å². The van der Waals surface area contributed by atoms with Crippen LogP contribution >= 0.6 is 11.3 Å². The largest absolute Gasteiger partial charge is 0.356 e. The molecule has 130 valence electrons. The van der Waals surface area contributed by atoms with Crippen molar-refractivity contribution in [2.75, 3.05) is 13.6 Å². The van der Waals surface area contributed by atoms with Crippen molar-refractivity contribution < 1.29 is 0 Å². The van der Waals surface area contributed by atoms with Gasteiger partial charge in [0.25, 0.3) is 0 Å². The fourth-order valence-corrected chi connectivity index (χ4v) is 3.29. The van der Waals surface area contributed by atoms with Gasteiger partial charge in [0.15, 0.2) is 5.96 Å². The van der Waals surface area contributed by atoms with Crippen LogP contribution < -0.4 is 10.6 Å². The molecule has 25 heavy (non-hydrogen) atoms. The zero-order valence-electron chi connectivity index (χ0n) is 14.4. The fraction of sp³-hybridized carbons (Fsp3) is 0.263. The number of guanidine groups is 1. The molecule has 0 saturated heterocycles. The van der Waals surface area contributed by atoms with Crippen LogP contribution in [0.25, 0.3) is 0 Å². The minimum atomic E-state index is 0.742. The molecule has 2 heterocycles. The monoisotopic (exact) mass is 353 g/mol. The lowest BCUT2D eigenvalue weighted by atomic mass is 10.1. The molecular formula is C19H23N5S. The Morgan fingerprint density at radius 2 is 2.08 bits per heavy atom. The van der Waals surface area contributed by atoms with Crippen molar-refractivity contribution in [3.63, 3.8) is 0 Å². The average Bonchev–Trinajstić information content (AvgIpc) is 3.32. The first-order valence-corrected chi connectivity index (χ1v) is 9.23. The number of nitrogens with zero attached hydrogens (tertiary/aromatic N) is 3. The summed E-state index contributed by atoms with van der Waals surface area (Å²) in [6, 6.07) is 14.7. The van der Waals surface area contributed by atoms with E-state index in [1.165, 1.54) is 16.0 Å². The molecule has 3 aromatic rings. The van der Waals surface area contributed by atoms with Gasteiger partial charge in [0, 0.05) is 37.4 Å². The molecule has 5 nitrogen and oxygen atoms in total. The molecule has 6 heteroatoms. The Hall–Kier alpha value is -2.60. The summed E-state index contributed by atoms with van der Waals surface area (Å²) in [5.41, 5.74) is 2.47. The van der Waals surface area contributed by atoms with Gasteiger partial charge in [-0.05, 0) is 35.1 Å². The van der Waals surface area contributed by atoms with Crippen LogP contribution in [-0.2, 0) is 19.5 Å². The highest BCUT2D eigenvalue weighted by molar-refractivity contribution is 7.09. The van der Waals surface area contributed by atoms with Crippen LogP contribution in [0.1, 0.15) is 16.0 Å². The van der Waals surface area contributed by atoms with Crippen LogP contribution in [0.5, 0.6) is 0 Å². The number of nitrogens with one attached hydrogen (secondary N) is 2.